The van der Waals surface area contributed by atoms with Gasteiger partial charge >= 0.3 is 0 Å². The van der Waals surface area contributed by atoms with Crippen molar-refractivity contribution < 1.29 is 0 Å². The summed E-state index contributed by atoms with van der Waals surface area (Å²) in [6.45, 7) is 13.8. The number of nitrogens with zero attached hydrogens (tertiary/aromatic N) is 2. The summed E-state index contributed by atoms with van der Waals surface area (Å²) in [7, 11) is 0. The van der Waals surface area contributed by atoms with Crippen LogP contribution in [0.15, 0.2) is 0 Å². The maximum Gasteiger partial charge on any atom is 0.0196 e. The van der Waals surface area contributed by atoms with Crippen molar-refractivity contribution in [2.45, 2.75) is 58.9 Å². The summed E-state index contributed by atoms with van der Waals surface area (Å²) in [4.78, 5) is 5.05. The zero-order chi connectivity index (χ0) is 14.1. The SMILES string of the molecule is CCN(CC)CCCN(CC)CC(N)C1CCCC1. The second kappa shape index (κ2) is 9.73. The highest BCUT2D eigenvalue weighted by Crippen LogP contribution is 2.27. The van der Waals surface area contributed by atoms with Gasteiger partial charge in [-0.25, -0.2) is 0 Å². The van der Waals surface area contributed by atoms with Crippen molar-refractivity contribution in [3.63, 3.8) is 0 Å². The number of nitrogens with two attached hydrogens (primary N) is 1. The Morgan fingerprint density at radius 3 is 2.00 bits per heavy atom. The van der Waals surface area contributed by atoms with E-state index in [1.807, 2.05) is 0 Å². The van der Waals surface area contributed by atoms with E-state index < -0.39 is 0 Å². The molecule has 0 aromatic rings. The van der Waals surface area contributed by atoms with Crippen LogP contribution in [0.5, 0.6) is 0 Å². The fraction of sp³-hybridized carbons (Fsp3) is 1.00. The molecule has 0 amide bonds. The molecular formula is C16H35N3. The van der Waals surface area contributed by atoms with Crippen molar-refractivity contribution in [2.24, 2.45) is 11.7 Å². The van der Waals surface area contributed by atoms with E-state index in [1.54, 1.807) is 0 Å². The molecule has 1 rings (SSSR count). The Balaban J connectivity index is 2.20. The van der Waals surface area contributed by atoms with Crippen LogP contribution in [0.1, 0.15) is 52.9 Å². The predicted molar refractivity (Wildman–Crippen MR) is 84.5 cm³/mol. The second-order valence-electron chi connectivity index (χ2n) is 5.98. The smallest absolute Gasteiger partial charge is 0.0196 e. The normalized spacial score (nSPS) is 18.6. The predicted octanol–water partition coefficient (Wildman–Crippen LogP) is 2.56. The molecule has 0 aromatic carbocycles. The standard InChI is InChI=1S/C16H35N3/c1-4-18(5-2)12-9-13-19(6-3)14-16(17)15-10-7-8-11-15/h15-16H,4-14,17H2,1-3H3. The van der Waals surface area contributed by atoms with Crippen molar-refractivity contribution in [3.05, 3.63) is 0 Å². The molecule has 3 heteroatoms. The van der Waals surface area contributed by atoms with Gasteiger partial charge in [0, 0.05) is 12.6 Å². The Morgan fingerprint density at radius 1 is 0.947 bits per heavy atom. The third-order valence-corrected chi connectivity index (χ3v) is 4.76. The number of rotatable bonds is 10. The van der Waals surface area contributed by atoms with Gasteiger partial charge in [-0.05, 0) is 57.9 Å². The van der Waals surface area contributed by atoms with Crippen LogP contribution < -0.4 is 5.73 Å². The van der Waals surface area contributed by atoms with Gasteiger partial charge in [0.2, 0.25) is 0 Å². The van der Waals surface area contributed by atoms with Gasteiger partial charge in [0.15, 0.2) is 0 Å². The van der Waals surface area contributed by atoms with Gasteiger partial charge in [0.1, 0.15) is 0 Å². The first-order valence-electron chi connectivity index (χ1n) is 8.41. The van der Waals surface area contributed by atoms with E-state index in [2.05, 4.69) is 30.6 Å². The lowest BCUT2D eigenvalue weighted by Gasteiger charge is -2.28. The van der Waals surface area contributed by atoms with E-state index in [9.17, 15) is 0 Å². The molecule has 0 heterocycles. The molecule has 0 radical (unpaired) electrons. The Bertz CT molecular complexity index is 210. The lowest BCUT2D eigenvalue weighted by atomic mass is 9.98. The Hall–Kier alpha value is -0.120. The van der Waals surface area contributed by atoms with Gasteiger partial charge < -0.3 is 15.5 Å². The molecule has 1 aliphatic rings. The molecule has 19 heavy (non-hydrogen) atoms. The molecule has 3 nitrogen and oxygen atoms in total. The summed E-state index contributed by atoms with van der Waals surface area (Å²) >= 11 is 0. The molecule has 1 saturated carbocycles. The fourth-order valence-electron chi connectivity index (χ4n) is 3.27. The minimum Gasteiger partial charge on any atom is -0.326 e. The average Bonchev–Trinajstić information content (AvgIpc) is 2.96. The van der Waals surface area contributed by atoms with E-state index >= 15 is 0 Å². The van der Waals surface area contributed by atoms with Crippen LogP contribution >= 0.6 is 0 Å². The quantitative estimate of drug-likeness (QED) is 0.661. The second-order valence-corrected chi connectivity index (χ2v) is 5.98. The summed E-state index contributed by atoms with van der Waals surface area (Å²) in [6.07, 6.45) is 6.78. The molecule has 114 valence electrons. The molecule has 1 fully saturated rings. The van der Waals surface area contributed by atoms with Gasteiger partial charge in [-0.2, -0.15) is 0 Å². The third-order valence-electron chi connectivity index (χ3n) is 4.76. The van der Waals surface area contributed by atoms with Crippen molar-refractivity contribution in [1.82, 2.24) is 9.80 Å². The van der Waals surface area contributed by atoms with E-state index in [-0.39, 0.29) is 0 Å². The van der Waals surface area contributed by atoms with Crippen LogP contribution in [0.4, 0.5) is 0 Å². The van der Waals surface area contributed by atoms with Crippen LogP contribution in [0.25, 0.3) is 0 Å². The minimum atomic E-state index is 0.399. The van der Waals surface area contributed by atoms with Crippen LogP contribution in [0.2, 0.25) is 0 Å². The Morgan fingerprint density at radius 2 is 1.47 bits per heavy atom. The Labute approximate surface area is 120 Å². The van der Waals surface area contributed by atoms with E-state index in [1.165, 1.54) is 58.3 Å². The maximum atomic E-state index is 6.39. The van der Waals surface area contributed by atoms with Gasteiger partial charge in [-0.3, -0.25) is 0 Å². The molecule has 2 N–H and O–H groups in total. The lowest BCUT2D eigenvalue weighted by Crippen LogP contribution is -2.42. The van der Waals surface area contributed by atoms with Crippen molar-refractivity contribution in [2.75, 3.05) is 39.3 Å². The maximum absolute atomic E-state index is 6.39. The van der Waals surface area contributed by atoms with Gasteiger partial charge in [0.25, 0.3) is 0 Å². The molecule has 0 saturated heterocycles. The first-order chi connectivity index (χ1) is 9.21. The third kappa shape index (κ3) is 6.24. The Kier molecular flexibility index (Phi) is 8.67. The largest absolute Gasteiger partial charge is 0.326 e. The van der Waals surface area contributed by atoms with Gasteiger partial charge in [-0.1, -0.05) is 33.6 Å². The van der Waals surface area contributed by atoms with Gasteiger partial charge in [-0.15, -0.1) is 0 Å². The van der Waals surface area contributed by atoms with Crippen molar-refractivity contribution in [1.29, 1.82) is 0 Å². The van der Waals surface area contributed by atoms with Gasteiger partial charge in [0.05, 0.1) is 0 Å². The van der Waals surface area contributed by atoms with E-state index in [4.69, 9.17) is 5.73 Å². The highest BCUT2D eigenvalue weighted by molar-refractivity contribution is 4.80. The monoisotopic (exact) mass is 269 g/mol. The molecule has 0 aliphatic heterocycles. The van der Waals surface area contributed by atoms with Crippen molar-refractivity contribution >= 4 is 0 Å². The van der Waals surface area contributed by atoms with Crippen LogP contribution in [-0.4, -0.2) is 55.1 Å². The fourth-order valence-corrected chi connectivity index (χ4v) is 3.27. The molecule has 1 aliphatic carbocycles. The molecule has 1 unspecified atom stereocenters. The molecule has 0 spiro atoms. The summed E-state index contributed by atoms with van der Waals surface area (Å²) in [6, 6.07) is 0.399. The van der Waals surface area contributed by atoms with Crippen LogP contribution in [-0.2, 0) is 0 Å². The average molecular weight is 269 g/mol. The summed E-state index contributed by atoms with van der Waals surface area (Å²) in [5.41, 5.74) is 6.39. The van der Waals surface area contributed by atoms with Crippen LogP contribution in [0.3, 0.4) is 0 Å². The highest BCUT2D eigenvalue weighted by Gasteiger charge is 2.23. The highest BCUT2D eigenvalue weighted by atomic mass is 15.1. The summed E-state index contributed by atoms with van der Waals surface area (Å²) in [5.74, 6) is 0.789. The first-order valence-corrected chi connectivity index (χ1v) is 8.41. The summed E-state index contributed by atoms with van der Waals surface area (Å²) in [5, 5.41) is 0. The molecule has 0 aromatic heterocycles. The minimum absolute atomic E-state index is 0.399. The van der Waals surface area contributed by atoms with E-state index in [0.29, 0.717) is 6.04 Å². The molecule has 0 bridgehead atoms. The van der Waals surface area contributed by atoms with Crippen LogP contribution in [0, 0.1) is 5.92 Å². The van der Waals surface area contributed by atoms with Crippen molar-refractivity contribution in [3.8, 4) is 0 Å². The number of likely N-dealkylation sites (N-methyl/N-ethyl adjacent to an activating group) is 1. The lowest BCUT2D eigenvalue weighted by molar-refractivity contribution is 0.217. The zero-order valence-electron chi connectivity index (χ0n) is 13.4. The number of hydrogen-bond donors (Lipinski definition) is 1. The van der Waals surface area contributed by atoms with E-state index in [0.717, 1.165) is 19.0 Å². The molecule has 1 atom stereocenters. The molecular weight excluding hydrogens is 234 g/mol. The first kappa shape index (κ1) is 16.9. The summed E-state index contributed by atoms with van der Waals surface area (Å²) < 4.78 is 0. The zero-order valence-corrected chi connectivity index (χ0v) is 13.4. The number of hydrogen-bond acceptors (Lipinski definition) is 3. The topological polar surface area (TPSA) is 32.5 Å².